The summed E-state index contributed by atoms with van der Waals surface area (Å²) in [5.41, 5.74) is 0.942. The predicted molar refractivity (Wildman–Crippen MR) is 68.9 cm³/mol. The van der Waals surface area contributed by atoms with Gasteiger partial charge in [0.15, 0.2) is 0 Å². The summed E-state index contributed by atoms with van der Waals surface area (Å²) < 4.78 is 5.20. The van der Waals surface area contributed by atoms with Crippen LogP contribution in [0, 0.1) is 0 Å². The molecule has 17 heavy (non-hydrogen) atoms. The first-order valence-corrected chi connectivity index (χ1v) is 5.60. The molecule has 1 N–H and O–H groups in total. The topological polar surface area (TPSA) is 38.3 Å². The maximum Gasteiger partial charge on any atom is 0.416 e. The highest BCUT2D eigenvalue weighted by atomic mass is 16.6. The van der Waals surface area contributed by atoms with E-state index in [0.29, 0.717) is 12.2 Å². The summed E-state index contributed by atoms with van der Waals surface area (Å²) >= 11 is 0. The molecule has 0 aromatic heterocycles. The van der Waals surface area contributed by atoms with Gasteiger partial charge in [0.2, 0.25) is 0 Å². The van der Waals surface area contributed by atoms with Crippen LogP contribution in [0.25, 0.3) is 0 Å². The summed E-state index contributed by atoms with van der Waals surface area (Å²) in [5.74, 6) is 0.565. The van der Waals surface area contributed by atoms with Gasteiger partial charge in [0.25, 0.3) is 0 Å². The van der Waals surface area contributed by atoms with E-state index < -0.39 is 6.09 Å². The van der Waals surface area contributed by atoms with Gasteiger partial charge in [-0.15, -0.1) is 6.58 Å². The third-order valence-corrected chi connectivity index (χ3v) is 2.09. The van der Waals surface area contributed by atoms with Gasteiger partial charge >= 0.3 is 6.09 Å². The van der Waals surface area contributed by atoms with Crippen molar-refractivity contribution in [3.63, 3.8) is 0 Å². The molecule has 1 amide bonds. The molecule has 0 unspecified atom stereocenters. The summed E-state index contributed by atoms with van der Waals surface area (Å²) in [6.07, 6.45) is 6.26. The lowest BCUT2D eigenvalue weighted by atomic mass is 10.1. The minimum absolute atomic E-state index is 0.480. The van der Waals surface area contributed by atoms with E-state index in [1.165, 1.54) is 0 Å². The monoisotopic (exact) mass is 231 g/mol. The van der Waals surface area contributed by atoms with E-state index in [1.807, 2.05) is 31.2 Å². The Morgan fingerprint density at radius 3 is 2.94 bits per heavy atom. The van der Waals surface area contributed by atoms with Crippen LogP contribution < -0.4 is 10.1 Å². The SMILES string of the molecule is C=CCc1ccccc1OC(=O)NC=CCC. The van der Waals surface area contributed by atoms with Crippen molar-refractivity contribution in [3.8, 4) is 5.75 Å². The highest BCUT2D eigenvalue weighted by Crippen LogP contribution is 2.18. The Morgan fingerprint density at radius 2 is 2.24 bits per heavy atom. The number of nitrogens with one attached hydrogen (secondary N) is 1. The van der Waals surface area contributed by atoms with Gasteiger partial charge in [-0.1, -0.05) is 37.3 Å². The Hall–Kier alpha value is -2.03. The Balaban J connectivity index is 2.64. The second-order valence-electron chi connectivity index (χ2n) is 3.44. The largest absolute Gasteiger partial charge is 0.416 e. The van der Waals surface area contributed by atoms with Crippen LogP contribution in [-0.4, -0.2) is 6.09 Å². The van der Waals surface area contributed by atoms with Crippen molar-refractivity contribution in [1.82, 2.24) is 5.32 Å². The number of carbonyl (C=O) groups excluding carboxylic acids is 1. The number of hydrogen-bond donors (Lipinski definition) is 1. The second-order valence-corrected chi connectivity index (χ2v) is 3.44. The summed E-state index contributed by atoms with van der Waals surface area (Å²) in [5, 5.41) is 2.53. The third kappa shape index (κ3) is 4.55. The average molecular weight is 231 g/mol. The van der Waals surface area contributed by atoms with Crippen molar-refractivity contribution in [2.24, 2.45) is 0 Å². The molecular weight excluding hydrogens is 214 g/mol. The van der Waals surface area contributed by atoms with Gasteiger partial charge in [-0.25, -0.2) is 4.79 Å². The van der Waals surface area contributed by atoms with E-state index in [0.717, 1.165) is 12.0 Å². The quantitative estimate of drug-likeness (QED) is 0.788. The van der Waals surface area contributed by atoms with E-state index in [9.17, 15) is 4.79 Å². The van der Waals surface area contributed by atoms with Crippen molar-refractivity contribution in [3.05, 3.63) is 54.8 Å². The van der Waals surface area contributed by atoms with Crippen LogP contribution in [0.2, 0.25) is 0 Å². The van der Waals surface area contributed by atoms with Crippen molar-refractivity contribution >= 4 is 6.09 Å². The summed E-state index contributed by atoms with van der Waals surface area (Å²) in [4.78, 5) is 11.4. The number of allylic oxidation sites excluding steroid dienone is 2. The maximum absolute atomic E-state index is 11.4. The van der Waals surface area contributed by atoms with Gasteiger partial charge in [0, 0.05) is 6.20 Å². The van der Waals surface area contributed by atoms with Crippen molar-refractivity contribution in [1.29, 1.82) is 0 Å². The number of carbonyl (C=O) groups is 1. The van der Waals surface area contributed by atoms with Gasteiger partial charge < -0.3 is 4.74 Å². The Morgan fingerprint density at radius 1 is 1.47 bits per heavy atom. The van der Waals surface area contributed by atoms with Crippen LogP contribution in [0.3, 0.4) is 0 Å². The Bertz CT molecular complexity index is 410. The molecule has 0 saturated carbocycles. The molecule has 1 aromatic carbocycles. The molecule has 3 nitrogen and oxygen atoms in total. The van der Waals surface area contributed by atoms with Gasteiger partial charge in [-0.05, 0) is 24.5 Å². The van der Waals surface area contributed by atoms with Crippen molar-refractivity contribution in [2.45, 2.75) is 19.8 Å². The zero-order chi connectivity index (χ0) is 12.5. The predicted octanol–water partition coefficient (Wildman–Crippen LogP) is 3.43. The number of ether oxygens (including phenoxy) is 1. The maximum atomic E-state index is 11.4. The Kier molecular flexibility index (Phi) is 5.58. The normalized spacial score (nSPS) is 10.2. The lowest BCUT2D eigenvalue weighted by molar-refractivity contribution is 0.204. The van der Waals surface area contributed by atoms with Gasteiger partial charge in [-0.2, -0.15) is 0 Å². The van der Waals surface area contributed by atoms with Crippen LogP contribution in [0.15, 0.2) is 49.2 Å². The van der Waals surface area contributed by atoms with Crippen LogP contribution in [-0.2, 0) is 6.42 Å². The number of rotatable bonds is 5. The summed E-state index contributed by atoms with van der Waals surface area (Å²) in [6, 6.07) is 7.41. The molecule has 0 radical (unpaired) electrons. The number of benzene rings is 1. The van der Waals surface area contributed by atoms with Crippen LogP contribution in [0.1, 0.15) is 18.9 Å². The zero-order valence-corrected chi connectivity index (χ0v) is 9.98. The van der Waals surface area contributed by atoms with Gasteiger partial charge in [-0.3, -0.25) is 5.32 Å². The smallest absolute Gasteiger partial charge is 0.410 e. The van der Waals surface area contributed by atoms with Crippen molar-refractivity contribution in [2.75, 3.05) is 0 Å². The lowest BCUT2D eigenvalue weighted by Crippen LogP contribution is -2.21. The van der Waals surface area contributed by atoms with Crippen LogP contribution in [0.4, 0.5) is 4.79 Å². The zero-order valence-electron chi connectivity index (χ0n) is 9.98. The second kappa shape index (κ2) is 7.28. The van der Waals surface area contributed by atoms with Gasteiger partial charge in [0.1, 0.15) is 5.75 Å². The van der Waals surface area contributed by atoms with E-state index in [1.54, 1.807) is 18.3 Å². The number of amides is 1. The molecule has 0 atom stereocenters. The molecule has 0 aliphatic rings. The molecule has 0 bridgehead atoms. The molecule has 0 heterocycles. The molecule has 1 rings (SSSR count). The lowest BCUT2D eigenvalue weighted by Gasteiger charge is -2.07. The molecule has 0 spiro atoms. The third-order valence-electron chi connectivity index (χ3n) is 2.09. The molecule has 0 aliphatic heterocycles. The first kappa shape index (κ1) is 13.0. The number of hydrogen-bond acceptors (Lipinski definition) is 2. The minimum atomic E-state index is -0.480. The standard InChI is InChI=1S/C14H17NO2/c1-3-5-11-15-14(16)17-13-10-7-6-9-12(13)8-4-2/h4-7,9-11H,2-3,8H2,1H3,(H,15,16). The fourth-order valence-corrected chi connectivity index (χ4v) is 1.30. The van der Waals surface area contributed by atoms with E-state index in [4.69, 9.17) is 4.74 Å². The fraction of sp³-hybridized carbons (Fsp3) is 0.214. The van der Waals surface area contributed by atoms with E-state index >= 15 is 0 Å². The molecule has 0 saturated heterocycles. The minimum Gasteiger partial charge on any atom is -0.410 e. The Labute approximate surface area is 102 Å². The van der Waals surface area contributed by atoms with Crippen LogP contribution >= 0.6 is 0 Å². The molecular formula is C14H17NO2. The van der Waals surface area contributed by atoms with Crippen molar-refractivity contribution < 1.29 is 9.53 Å². The molecule has 90 valence electrons. The molecule has 0 fully saturated rings. The highest BCUT2D eigenvalue weighted by molar-refractivity contribution is 5.71. The highest BCUT2D eigenvalue weighted by Gasteiger charge is 2.05. The molecule has 1 aromatic rings. The fourth-order valence-electron chi connectivity index (χ4n) is 1.30. The average Bonchev–Trinajstić information content (AvgIpc) is 2.32. The molecule has 3 heteroatoms. The number of para-hydroxylation sites is 1. The summed E-state index contributed by atoms with van der Waals surface area (Å²) in [6.45, 7) is 5.66. The van der Waals surface area contributed by atoms with Crippen LogP contribution in [0.5, 0.6) is 5.75 Å². The summed E-state index contributed by atoms with van der Waals surface area (Å²) in [7, 11) is 0. The van der Waals surface area contributed by atoms with Gasteiger partial charge in [0.05, 0.1) is 0 Å². The van der Waals surface area contributed by atoms with E-state index in [2.05, 4.69) is 11.9 Å². The molecule has 0 aliphatic carbocycles. The first-order chi connectivity index (χ1) is 8.27. The van der Waals surface area contributed by atoms with E-state index in [-0.39, 0.29) is 0 Å². The first-order valence-electron chi connectivity index (χ1n) is 5.60.